The summed E-state index contributed by atoms with van der Waals surface area (Å²) in [5, 5.41) is 3.82. The van der Waals surface area contributed by atoms with E-state index in [1.807, 2.05) is 7.11 Å². The van der Waals surface area contributed by atoms with Crippen LogP contribution in [0, 0.1) is 0 Å². The number of piperazine rings is 1. The van der Waals surface area contributed by atoms with Crippen LogP contribution in [0.2, 0.25) is 0 Å². The molecular weight excluding hydrogens is 236 g/mol. The fourth-order valence-electron chi connectivity index (χ4n) is 3.72. The maximum atomic E-state index is 5.84. The fraction of sp³-hybridized carbons (Fsp3) is 1.00. The van der Waals surface area contributed by atoms with Crippen LogP contribution in [-0.4, -0.2) is 48.8 Å². The summed E-state index contributed by atoms with van der Waals surface area (Å²) >= 11 is 0. The normalized spacial score (nSPS) is 30.0. The molecule has 1 heterocycles. The van der Waals surface area contributed by atoms with Crippen LogP contribution in [0.4, 0.5) is 0 Å². The summed E-state index contributed by atoms with van der Waals surface area (Å²) in [7, 11) is 1.90. The van der Waals surface area contributed by atoms with Gasteiger partial charge in [0.1, 0.15) is 0 Å². The molecule has 1 unspecified atom stereocenters. The molecule has 19 heavy (non-hydrogen) atoms. The third-order valence-electron chi connectivity index (χ3n) is 5.75. The molecule has 1 N–H and O–H groups in total. The van der Waals surface area contributed by atoms with E-state index < -0.39 is 0 Å². The van der Waals surface area contributed by atoms with Crippen LogP contribution in [0.3, 0.4) is 0 Å². The Bertz CT molecular complexity index is 277. The summed E-state index contributed by atoms with van der Waals surface area (Å²) < 4.78 is 5.84. The molecule has 0 aromatic carbocycles. The van der Waals surface area contributed by atoms with Gasteiger partial charge >= 0.3 is 0 Å². The van der Waals surface area contributed by atoms with E-state index in [1.54, 1.807) is 0 Å². The van der Waals surface area contributed by atoms with Crippen molar-refractivity contribution in [3.63, 3.8) is 0 Å². The minimum Gasteiger partial charge on any atom is -0.377 e. The summed E-state index contributed by atoms with van der Waals surface area (Å²) in [4.78, 5) is 2.71. The van der Waals surface area contributed by atoms with E-state index in [1.165, 1.54) is 45.1 Å². The van der Waals surface area contributed by atoms with E-state index in [2.05, 4.69) is 31.0 Å². The van der Waals surface area contributed by atoms with Gasteiger partial charge in [0.15, 0.2) is 0 Å². The van der Waals surface area contributed by atoms with E-state index in [0.29, 0.717) is 11.6 Å². The number of rotatable bonds is 6. The maximum Gasteiger partial charge on any atom is 0.0805 e. The van der Waals surface area contributed by atoms with Gasteiger partial charge in [0, 0.05) is 38.3 Å². The van der Waals surface area contributed by atoms with Crippen LogP contribution in [0.1, 0.15) is 59.3 Å². The highest BCUT2D eigenvalue weighted by Crippen LogP contribution is 2.37. The maximum absolute atomic E-state index is 5.84. The van der Waals surface area contributed by atoms with Gasteiger partial charge in [-0.15, -0.1) is 0 Å². The lowest BCUT2D eigenvalue weighted by Gasteiger charge is -2.52. The van der Waals surface area contributed by atoms with Crippen molar-refractivity contribution in [3.05, 3.63) is 0 Å². The molecule has 0 spiro atoms. The number of nitrogens with one attached hydrogen (secondary N) is 1. The molecule has 2 aliphatic rings. The van der Waals surface area contributed by atoms with E-state index in [-0.39, 0.29) is 5.60 Å². The second-order valence-corrected chi connectivity index (χ2v) is 6.58. The second kappa shape index (κ2) is 6.11. The van der Waals surface area contributed by atoms with Crippen molar-refractivity contribution in [3.8, 4) is 0 Å². The molecule has 0 bridgehead atoms. The summed E-state index contributed by atoms with van der Waals surface area (Å²) in [6.07, 6.45) is 7.50. The Morgan fingerprint density at radius 3 is 2.32 bits per heavy atom. The number of methoxy groups -OCH3 is 1. The third-order valence-corrected chi connectivity index (χ3v) is 5.75. The van der Waals surface area contributed by atoms with Gasteiger partial charge in [-0.2, -0.15) is 0 Å². The smallest absolute Gasteiger partial charge is 0.0805 e. The summed E-state index contributed by atoms with van der Waals surface area (Å²) in [5.74, 6) is 0. The van der Waals surface area contributed by atoms with Crippen molar-refractivity contribution >= 4 is 0 Å². The van der Waals surface area contributed by atoms with Gasteiger partial charge in [-0.25, -0.2) is 0 Å². The van der Waals surface area contributed by atoms with E-state index in [0.717, 1.165) is 13.1 Å². The SMILES string of the molecule is CCC1CNC(CC)(CC)CN1CC1(OC)CCC1. The van der Waals surface area contributed by atoms with Crippen molar-refractivity contribution < 1.29 is 4.74 Å². The average Bonchev–Trinajstić information content (AvgIpc) is 2.42. The van der Waals surface area contributed by atoms with Gasteiger partial charge < -0.3 is 10.1 Å². The standard InChI is InChI=1S/C16H32N2O/c1-5-14-11-17-15(6-2,7-3)12-18(14)13-16(19-4)9-8-10-16/h14,17H,5-13H2,1-4H3. The highest BCUT2D eigenvalue weighted by Gasteiger charge is 2.43. The highest BCUT2D eigenvalue weighted by molar-refractivity contribution is 5.00. The Labute approximate surface area is 119 Å². The average molecular weight is 268 g/mol. The molecule has 1 aliphatic heterocycles. The van der Waals surface area contributed by atoms with Crippen molar-refractivity contribution in [2.75, 3.05) is 26.7 Å². The lowest BCUT2D eigenvalue weighted by atomic mass is 9.78. The Morgan fingerprint density at radius 2 is 1.89 bits per heavy atom. The van der Waals surface area contributed by atoms with Crippen molar-refractivity contribution in [1.29, 1.82) is 0 Å². The number of hydrogen-bond acceptors (Lipinski definition) is 3. The van der Waals surface area contributed by atoms with Gasteiger partial charge in [0.2, 0.25) is 0 Å². The molecule has 0 aromatic rings. The number of hydrogen-bond donors (Lipinski definition) is 1. The molecule has 1 saturated carbocycles. The van der Waals surface area contributed by atoms with Crippen molar-refractivity contribution in [2.24, 2.45) is 0 Å². The third kappa shape index (κ3) is 2.98. The molecule has 3 heteroatoms. The molecule has 1 atom stereocenters. The Kier molecular flexibility index (Phi) is 4.91. The fourth-order valence-corrected chi connectivity index (χ4v) is 3.72. The predicted molar refractivity (Wildman–Crippen MR) is 80.6 cm³/mol. The molecule has 0 radical (unpaired) electrons. The zero-order valence-corrected chi connectivity index (χ0v) is 13.3. The van der Waals surface area contributed by atoms with Gasteiger partial charge in [0.05, 0.1) is 5.60 Å². The minimum absolute atomic E-state index is 0.165. The first-order valence-electron chi connectivity index (χ1n) is 8.17. The van der Waals surface area contributed by atoms with Gasteiger partial charge in [0.25, 0.3) is 0 Å². The van der Waals surface area contributed by atoms with Gasteiger partial charge in [-0.1, -0.05) is 20.8 Å². The molecule has 0 aromatic heterocycles. The van der Waals surface area contributed by atoms with Crippen LogP contribution in [-0.2, 0) is 4.74 Å². The molecule has 0 amide bonds. The summed E-state index contributed by atoms with van der Waals surface area (Å²) in [6, 6.07) is 0.679. The Hall–Kier alpha value is -0.120. The Balaban J connectivity index is 2.05. The topological polar surface area (TPSA) is 24.5 Å². The zero-order chi connectivity index (χ0) is 13.9. The van der Waals surface area contributed by atoms with E-state index in [9.17, 15) is 0 Å². The van der Waals surface area contributed by atoms with Crippen LogP contribution in [0.15, 0.2) is 0 Å². The molecule has 3 nitrogen and oxygen atoms in total. The zero-order valence-electron chi connectivity index (χ0n) is 13.3. The minimum atomic E-state index is 0.165. The predicted octanol–water partition coefficient (Wildman–Crippen LogP) is 2.80. The monoisotopic (exact) mass is 268 g/mol. The van der Waals surface area contributed by atoms with Gasteiger partial charge in [-0.3, -0.25) is 4.90 Å². The van der Waals surface area contributed by atoms with Crippen molar-refractivity contribution in [1.82, 2.24) is 10.2 Å². The first-order valence-corrected chi connectivity index (χ1v) is 8.17. The first-order chi connectivity index (χ1) is 9.12. The quantitative estimate of drug-likeness (QED) is 0.801. The molecule has 2 rings (SSSR count). The van der Waals surface area contributed by atoms with Crippen LogP contribution >= 0.6 is 0 Å². The lowest BCUT2D eigenvalue weighted by molar-refractivity contribution is -0.106. The molecule has 2 fully saturated rings. The Morgan fingerprint density at radius 1 is 1.21 bits per heavy atom. The van der Waals surface area contributed by atoms with Crippen molar-refractivity contribution in [2.45, 2.75) is 76.5 Å². The first kappa shape index (κ1) is 15.3. The number of ether oxygens (including phenoxy) is 1. The summed E-state index contributed by atoms with van der Waals surface area (Å²) in [5.41, 5.74) is 0.488. The van der Waals surface area contributed by atoms with Crippen LogP contribution in [0.25, 0.3) is 0 Å². The van der Waals surface area contributed by atoms with E-state index in [4.69, 9.17) is 4.74 Å². The van der Waals surface area contributed by atoms with Gasteiger partial charge in [-0.05, 0) is 38.5 Å². The van der Waals surface area contributed by atoms with Crippen LogP contribution in [0.5, 0.6) is 0 Å². The number of nitrogens with zero attached hydrogens (tertiary/aromatic N) is 1. The molecule has 112 valence electrons. The highest BCUT2D eigenvalue weighted by atomic mass is 16.5. The largest absolute Gasteiger partial charge is 0.377 e. The second-order valence-electron chi connectivity index (χ2n) is 6.58. The molecule has 1 saturated heterocycles. The summed E-state index contributed by atoms with van der Waals surface area (Å²) in [6.45, 7) is 10.4. The lowest BCUT2D eigenvalue weighted by Crippen LogP contribution is -2.66. The molecular formula is C16H32N2O. The van der Waals surface area contributed by atoms with Crippen LogP contribution < -0.4 is 5.32 Å². The molecule has 1 aliphatic carbocycles. The van der Waals surface area contributed by atoms with E-state index >= 15 is 0 Å².